The molecule has 385 valence electrons. The first-order valence-electron chi connectivity index (χ1n) is 26.6. The number of hydrogen-bond acceptors (Lipinski definition) is 6. The van der Waals surface area contributed by atoms with Gasteiger partial charge in [0.2, 0.25) is 5.71 Å². The van der Waals surface area contributed by atoms with Crippen molar-refractivity contribution in [3.05, 3.63) is 192 Å². The van der Waals surface area contributed by atoms with Crippen LogP contribution < -0.4 is 5.19 Å². The fraction of sp³-hybridized carbons (Fsp3) is 0.254. The molecule has 1 unspecified atom stereocenters. The number of fused-ring (bicyclic) bond motifs is 4. The number of nitrogens with zero attached hydrogens (tertiary/aromatic N) is 5. The maximum absolute atomic E-state index is 6.81. The number of pyridine rings is 3. The van der Waals surface area contributed by atoms with Crippen molar-refractivity contribution in [2.24, 2.45) is 5.92 Å². The van der Waals surface area contributed by atoms with Gasteiger partial charge in [0.25, 0.3) is 0 Å². The van der Waals surface area contributed by atoms with Crippen molar-refractivity contribution in [3.63, 3.8) is 0 Å². The molecular weight excluding hydrogens is 1130 g/mol. The van der Waals surface area contributed by atoms with E-state index in [-0.39, 0.29) is 25.5 Å². The summed E-state index contributed by atoms with van der Waals surface area (Å²) in [6.07, 6.45) is 7.20. The van der Waals surface area contributed by atoms with Crippen molar-refractivity contribution in [1.29, 1.82) is 0 Å². The van der Waals surface area contributed by atoms with Gasteiger partial charge in [0.15, 0.2) is 0 Å². The molecule has 1 radical (unpaired) electrons. The topological polar surface area (TPSA) is 82.8 Å². The number of rotatable bonds is 9. The molecule has 76 heavy (non-hydrogen) atoms. The van der Waals surface area contributed by atoms with Crippen LogP contribution in [0.15, 0.2) is 161 Å². The van der Waals surface area contributed by atoms with Gasteiger partial charge in [0, 0.05) is 65.7 Å². The summed E-state index contributed by atoms with van der Waals surface area (Å²) in [4.78, 5) is 20.3. The molecule has 0 N–H and O–H groups in total. The quantitative estimate of drug-likeness (QED) is 0.106. The van der Waals surface area contributed by atoms with Gasteiger partial charge in [-0.25, -0.2) is 4.98 Å². The first-order chi connectivity index (χ1) is 36.1. The van der Waals surface area contributed by atoms with Crippen molar-refractivity contribution in [1.82, 2.24) is 24.5 Å². The number of aryl methyl sites for hydroxylation is 3. The van der Waals surface area contributed by atoms with Gasteiger partial charge in [0.1, 0.15) is 11.5 Å². The van der Waals surface area contributed by atoms with Gasteiger partial charge in [-0.15, -0.1) is 54.1 Å². The molecule has 1 fully saturated rings. The monoisotopic (exact) mass is 1190 g/mol. The molecule has 12 rings (SSSR count). The van der Waals surface area contributed by atoms with E-state index in [0.29, 0.717) is 17.5 Å². The fourth-order valence-electron chi connectivity index (χ4n) is 11.1. The summed E-state index contributed by atoms with van der Waals surface area (Å²) in [5, 5.41) is 3.35. The number of furan rings is 2. The van der Waals surface area contributed by atoms with Crippen molar-refractivity contribution < 1.29 is 28.9 Å². The van der Waals surface area contributed by atoms with Crippen LogP contribution in [0.4, 0.5) is 0 Å². The van der Waals surface area contributed by atoms with Gasteiger partial charge in [-0.05, 0) is 115 Å². The molecule has 0 saturated heterocycles. The Labute approximate surface area is 462 Å². The fourth-order valence-corrected chi connectivity index (χ4v) is 12.5. The minimum absolute atomic E-state index is 0. The summed E-state index contributed by atoms with van der Waals surface area (Å²) in [6, 6.07) is 57.7. The molecule has 0 bridgehead atoms. The van der Waals surface area contributed by atoms with Crippen LogP contribution in [0.2, 0.25) is 19.6 Å². The average Bonchev–Trinajstić information content (AvgIpc) is 4.34. The van der Waals surface area contributed by atoms with Gasteiger partial charge < -0.3 is 18.4 Å². The standard InChI is InChI=1S/C48H45N4O.C19H20NOSi.Ir/c1-29-26-42-43(31(3)49-29)52(44-39(33-18-9-7-10-19-33)27-35(48(4,5)6)28-40(44)34-20-11-8-12-21-34)46(50-42)38-23-15-22-36-37-24-25-41(51-47(37)53-45(36)38)30(2)32-16-13-14-17-32;1-14-10-11-18(21-14)16-12-17(15-8-6-5-7-9-15)20-13-19(16)22(2,3)4;/h7-12,15,18-22,24-28,30,32H,13-14,16-17H2,1-6H3;5-8,10-13H,1-4H3;/q2*-1;. The maximum Gasteiger partial charge on any atom is 0.216 e. The zero-order valence-corrected chi connectivity index (χ0v) is 48.7. The summed E-state index contributed by atoms with van der Waals surface area (Å²) < 4.78 is 15.0. The molecule has 6 aromatic heterocycles. The Balaban J connectivity index is 0.000000239. The first kappa shape index (κ1) is 52.4. The van der Waals surface area contributed by atoms with E-state index in [2.05, 4.69) is 179 Å². The van der Waals surface area contributed by atoms with Crippen LogP contribution in [0.25, 0.3) is 95.0 Å². The van der Waals surface area contributed by atoms with Crippen molar-refractivity contribution in [2.75, 3.05) is 0 Å². The molecule has 7 nitrogen and oxygen atoms in total. The normalized spacial score (nSPS) is 13.5. The average molecular weight is 1190 g/mol. The Morgan fingerprint density at radius 2 is 1.37 bits per heavy atom. The van der Waals surface area contributed by atoms with E-state index < -0.39 is 8.07 Å². The molecule has 1 aliphatic carbocycles. The molecule has 11 aromatic rings. The van der Waals surface area contributed by atoms with Gasteiger partial charge >= 0.3 is 0 Å². The third kappa shape index (κ3) is 10.2. The van der Waals surface area contributed by atoms with E-state index in [9.17, 15) is 0 Å². The van der Waals surface area contributed by atoms with Crippen LogP contribution >= 0.6 is 0 Å². The van der Waals surface area contributed by atoms with Crippen LogP contribution in [-0.2, 0) is 25.5 Å². The Kier molecular flexibility index (Phi) is 14.6. The molecule has 1 saturated carbocycles. The van der Waals surface area contributed by atoms with Crippen molar-refractivity contribution in [2.45, 2.75) is 105 Å². The molecular formula is C67H65IrN5O2Si-2. The summed E-state index contributed by atoms with van der Waals surface area (Å²) in [7, 11) is -1.51. The second kappa shape index (κ2) is 21.2. The van der Waals surface area contributed by atoms with Crippen LogP contribution in [0.5, 0.6) is 0 Å². The SMILES string of the molecule is Cc1cc2nc(-c3[c-]ccc4c3oc3nc(C(C)C5CCCC5)ccc34)n(-c3c(-c4ccccc4)cc(C(C)(C)C)cc3-c3ccccc3)c2c(C)n1.Cc1ccc(-c2cc(-c3[c-]cccc3)ncc2[Si](C)(C)C)o1.[Ir]. The summed E-state index contributed by atoms with van der Waals surface area (Å²) >= 11 is 0. The number of aromatic nitrogens is 5. The predicted molar refractivity (Wildman–Crippen MR) is 312 cm³/mol. The molecule has 9 heteroatoms. The molecule has 5 aromatic carbocycles. The van der Waals surface area contributed by atoms with Crippen molar-refractivity contribution >= 4 is 46.4 Å². The molecule has 1 aliphatic rings. The van der Waals surface area contributed by atoms with Gasteiger partial charge in [-0.2, -0.15) is 0 Å². The Bertz CT molecular complexity index is 3800. The molecule has 0 spiro atoms. The van der Waals surface area contributed by atoms with Crippen LogP contribution in [0.1, 0.15) is 87.7 Å². The minimum Gasteiger partial charge on any atom is -0.486 e. The predicted octanol–water partition coefficient (Wildman–Crippen LogP) is 17.4. The summed E-state index contributed by atoms with van der Waals surface area (Å²) in [5.41, 5.74) is 16.9. The van der Waals surface area contributed by atoms with Gasteiger partial charge in [0.05, 0.1) is 41.9 Å². The molecule has 0 amide bonds. The Hall–Kier alpha value is -7.03. The van der Waals surface area contributed by atoms with E-state index in [1.807, 2.05) is 62.5 Å². The zero-order chi connectivity index (χ0) is 52.2. The summed E-state index contributed by atoms with van der Waals surface area (Å²) in [5.74, 6) is 3.69. The zero-order valence-electron chi connectivity index (χ0n) is 45.3. The molecule has 6 heterocycles. The Morgan fingerprint density at radius 3 is 1.99 bits per heavy atom. The molecule has 0 aliphatic heterocycles. The second-order valence-electron chi connectivity index (χ2n) is 22.6. The smallest absolute Gasteiger partial charge is 0.216 e. The van der Waals surface area contributed by atoms with Crippen LogP contribution in [0, 0.1) is 38.8 Å². The van der Waals surface area contributed by atoms with E-state index in [1.165, 1.54) is 36.4 Å². The van der Waals surface area contributed by atoms with Crippen LogP contribution in [0.3, 0.4) is 0 Å². The molecule has 1 atom stereocenters. The summed E-state index contributed by atoms with van der Waals surface area (Å²) in [6.45, 7) is 22.3. The maximum atomic E-state index is 6.81. The van der Waals surface area contributed by atoms with Crippen molar-refractivity contribution in [3.8, 4) is 61.9 Å². The third-order valence-corrected chi connectivity index (χ3v) is 17.1. The minimum atomic E-state index is -1.51. The van der Waals surface area contributed by atoms with E-state index >= 15 is 0 Å². The van der Waals surface area contributed by atoms with E-state index in [0.717, 1.165) is 112 Å². The Morgan fingerprint density at radius 1 is 0.684 bits per heavy atom. The van der Waals surface area contributed by atoms with Gasteiger partial charge in [-0.1, -0.05) is 138 Å². The number of hydrogen-bond donors (Lipinski definition) is 0. The van der Waals surface area contributed by atoms with Crippen LogP contribution in [-0.4, -0.2) is 32.6 Å². The number of imidazole rings is 1. The second-order valence-corrected chi connectivity index (χ2v) is 27.6. The van der Waals surface area contributed by atoms with E-state index in [4.69, 9.17) is 23.8 Å². The van der Waals surface area contributed by atoms with Gasteiger partial charge in [-0.3, -0.25) is 9.97 Å². The third-order valence-electron chi connectivity index (χ3n) is 15.1. The first-order valence-corrected chi connectivity index (χ1v) is 30.1. The number of benzene rings is 5. The van der Waals surface area contributed by atoms with E-state index in [1.54, 1.807) is 0 Å². The largest absolute Gasteiger partial charge is 0.486 e.